The van der Waals surface area contributed by atoms with Crippen molar-refractivity contribution in [2.45, 2.75) is 39.2 Å². The fourth-order valence-corrected chi connectivity index (χ4v) is 2.95. The molecule has 0 aromatic heterocycles. The summed E-state index contributed by atoms with van der Waals surface area (Å²) in [7, 11) is 0. The van der Waals surface area contributed by atoms with Crippen LogP contribution in [0.25, 0.3) is 10.8 Å². The maximum absolute atomic E-state index is 14.5. The minimum atomic E-state index is -3.61. The molecular weight excluding hydrogens is 337 g/mol. The lowest BCUT2D eigenvalue weighted by Gasteiger charge is -2.19. The molecule has 3 aromatic carbocycles. The van der Waals surface area contributed by atoms with E-state index in [1.165, 1.54) is 24.3 Å². The van der Waals surface area contributed by atoms with E-state index in [2.05, 4.69) is 0 Å². The van der Waals surface area contributed by atoms with Gasteiger partial charge in [0.2, 0.25) is 0 Å². The Morgan fingerprint density at radius 1 is 0.846 bits per heavy atom. The van der Waals surface area contributed by atoms with Crippen LogP contribution >= 0.6 is 0 Å². The molecule has 0 N–H and O–H groups in total. The summed E-state index contributed by atoms with van der Waals surface area (Å²) < 4.78 is 48.0. The molecule has 0 bridgehead atoms. The van der Waals surface area contributed by atoms with E-state index in [1.807, 2.05) is 26.0 Å². The fourth-order valence-electron chi connectivity index (χ4n) is 2.95. The molecule has 3 aromatic rings. The molecule has 0 aliphatic carbocycles. The van der Waals surface area contributed by atoms with Crippen molar-refractivity contribution in [3.8, 4) is 5.75 Å². The second-order valence-corrected chi connectivity index (χ2v) is 6.38. The van der Waals surface area contributed by atoms with Crippen molar-refractivity contribution < 1.29 is 17.9 Å². The second-order valence-electron chi connectivity index (χ2n) is 6.38. The molecule has 0 radical (unpaired) electrons. The Kier molecular flexibility index (Phi) is 5.21. The number of ether oxygens (including phenoxy) is 1. The first-order valence-electron chi connectivity index (χ1n) is 8.81. The van der Waals surface area contributed by atoms with Gasteiger partial charge in [-0.3, -0.25) is 0 Å². The molecule has 0 fully saturated rings. The van der Waals surface area contributed by atoms with Crippen molar-refractivity contribution in [3.05, 3.63) is 77.1 Å². The van der Waals surface area contributed by atoms with Gasteiger partial charge in [0.05, 0.1) is 5.56 Å². The standard InChI is InChI=1S/C22H21F3O/c1-3-5-16-7-10-19(11-8-16)22(24,25)26-21-14-17-9-6-15(4-2)12-18(17)13-20(21)23/h6-14H,3-5H2,1-2H3. The number of aryl methyl sites for hydroxylation is 2. The highest BCUT2D eigenvalue weighted by Gasteiger charge is 2.35. The van der Waals surface area contributed by atoms with Crippen LogP contribution in [0.4, 0.5) is 13.2 Å². The minimum Gasteiger partial charge on any atom is -0.426 e. The smallest absolute Gasteiger partial charge is 0.426 e. The van der Waals surface area contributed by atoms with Gasteiger partial charge >= 0.3 is 6.11 Å². The number of alkyl halides is 2. The van der Waals surface area contributed by atoms with Crippen LogP contribution in [0.3, 0.4) is 0 Å². The van der Waals surface area contributed by atoms with Crippen LogP contribution in [0.2, 0.25) is 0 Å². The van der Waals surface area contributed by atoms with Crippen molar-refractivity contribution in [1.29, 1.82) is 0 Å². The molecule has 0 atom stereocenters. The number of halogens is 3. The van der Waals surface area contributed by atoms with E-state index in [9.17, 15) is 13.2 Å². The third kappa shape index (κ3) is 3.85. The van der Waals surface area contributed by atoms with Crippen LogP contribution in [-0.4, -0.2) is 0 Å². The summed E-state index contributed by atoms with van der Waals surface area (Å²) in [5.41, 5.74) is 1.75. The van der Waals surface area contributed by atoms with Gasteiger partial charge in [-0.25, -0.2) is 4.39 Å². The predicted molar refractivity (Wildman–Crippen MR) is 98.2 cm³/mol. The Morgan fingerprint density at radius 2 is 1.54 bits per heavy atom. The van der Waals surface area contributed by atoms with Crippen LogP contribution < -0.4 is 4.74 Å². The van der Waals surface area contributed by atoms with Crippen molar-refractivity contribution >= 4 is 10.8 Å². The van der Waals surface area contributed by atoms with Crippen molar-refractivity contribution in [1.82, 2.24) is 0 Å². The number of fused-ring (bicyclic) bond motifs is 1. The van der Waals surface area contributed by atoms with Crippen molar-refractivity contribution in [2.24, 2.45) is 0 Å². The number of rotatable bonds is 6. The van der Waals surface area contributed by atoms with E-state index in [0.717, 1.165) is 30.4 Å². The lowest BCUT2D eigenvalue weighted by atomic mass is 10.0. The maximum atomic E-state index is 14.5. The molecular formula is C22H21F3O. The van der Waals surface area contributed by atoms with Gasteiger partial charge in [-0.15, -0.1) is 0 Å². The quantitative estimate of drug-likeness (QED) is 0.481. The average Bonchev–Trinajstić information content (AvgIpc) is 2.62. The van der Waals surface area contributed by atoms with E-state index in [1.54, 1.807) is 18.2 Å². The van der Waals surface area contributed by atoms with Crippen LogP contribution in [0.1, 0.15) is 37.0 Å². The Balaban J connectivity index is 1.89. The van der Waals surface area contributed by atoms with Gasteiger partial charge in [-0.2, -0.15) is 8.78 Å². The summed E-state index contributed by atoms with van der Waals surface area (Å²) in [6.07, 6.45) is -1.02. The van der Waals surface area contributed by atoms with E-state index < -0.39 is 17.7 Å². The van der Waals surface area contributed by atoms with Gasteiger partial charge in [-0.05, 0) is 59.0 Å². The predicted octanol–water partition coefficient (Wildman–Crippen LogP) is 6.62. The molecule has 0 saturated heterocycles. The summed E-state index contributed by atoms with van der Waals surface area (Å²) in [6, 6.07) is 14.1. The van der Waals surface area contributed by atoms with Gasteiger partial charge in [0, 0.05) is 0 Å². The Morgan fingerprint density at radius 3 is 2.19 bits per heavy atom. The Labute approximate surface area is 151 Å². The third-order valence-corrected chi connectivity index (χ3v) is 4.43. The van der Waals surface area contributed by atoms with Crippen LogP contribution in [0, 0.1) is 5.82 Å². The molecule has 0 aliphatic rings. The summed E-state index contributed by atoms with van der Waals surface area (Å²) >= 11 is 0. The number of hydrogen-bond donors (Lipinski definition) is 0. The zero-order chi connectivity index (χ0) is 18.7. The summed E-state index contributed by atoms with van der Waals surface area (Å²) in [5.74, 6) is -1.25. The maximum Gasteiger partial charge on any atom is 0.426 e. The topological polar surface area (TPSA) is 9.23 Å². The first-order chi connectivity index (χ1) is 12.4. The van der Waals surface area contributed by atoms with Crippen LogP contribution in [0.15, 0.2) is 54.6 Å². The molecule has 0 spiro atoms. The van der Waals surface area contributed by atoms with Gasteiger partial charge in [0.15, 0.2) is 11.6 Å². The van der Waals surface area contributed by atoms with E-state index in [0.29, 0.717) is 10.8 Å². The summed E-state index contributed by atoms with van der Waals surface area (Å²) in [4.78, 5) is 0. The lowest BCUT2D eigenvalue weighted by molar-refractivity contribution is -0.186. The molecule has 0 unspecified atom stereocenters. The van der Waals surface area contributed by atoms with Crippen LogP contribution in [0.5, 0.6) is 5.75 Å². The number of benzene rings is 3. The summed E-state index contributed by atoms with van der Waals surface area (Å²) in [5, 5.41) is 1.33. The first kappa shape index (κ1) is 18.3. The highest BCUT2D eigenvalue weighted by molar-refractivity contribution is 5.84. The molecule has 1 nitrogen and oxygen atoms in total. The van der Waals surface area contributed by atoms with Gasteiger partial charge in [0.25, 0.3) is 0 Å². The molecule has 26 heavy (non-hydrogen) atoms. The van der Waals surface area contributed by atoms with Crippen molar-refractivity contribution in [3.63, 3.8) is 0 Å². The Hall–Kier alpha value is -2.49. The minimum absolute atomic E-state index is 0.293. The monoisotopic (exact) mass is 358 g/mol. The average molecular weight is 358 g/mol. The van der Waals surface area contributed by atoms with E-state index in [4.69, 9.17) is 4.74 Å². The molecule has 3 rings (SSSR count). The lowest BCUT2D eigenvalue weighted by Crippen LogP contribution is -2.22. The SMILES string of the molecule is CCCc1ccc(C(F)(F)Oc2cc3ccc(CC)cc3cc2F)cc1. The van der Waals surface area contributed by atoms with Crippen molar-refractivity contribution in [2.75, 3.05) is 0 Å². The first-order valence-corrected chi connectivity index (χ1v) is 8.81. The normalized spacial score (nSPS) is 11.7. The third-order valence-electron chi connectivity index (χ3n) is 4.43. The molecule has 0 heterocycles. The summed E-state index contributed by atoms with van der Waals surface area (Å²) in [6.45, 7) is 4.03. The highest BCUT2D eigenvalue weighted by atomic mass is 19.3. The molecule has 0 aliphatic heterocycles. The van der Waals surface area contributed by atoms with E-state index in [-0.39, 0.29) is 5.56 Å². The van der Waals surface area contributed by atoms with E-state index >= 15 is 0 Å². The molecule has 136 valence electrons. The fraction of sp³-hybridized carbons (Fsp3) is 0.273. The van der Waals surface area contributed by atoms with Gasteiger partial charge < -0.3 is 4.74 Å². The molecule has 0 saturated carbocycles. The van der Waals surface area contributed by atoms with Crippen LogP contribution in [-0.2, 0) is 19.0 Å². The zero-order valence-electron chi connectivity index (χ0n) is 14.9. The Bertz CT molecular complexity index is 901. The highest BCUT2D eigenvalue weighted by Crippen LogP contribution is 2.35. The van der Waals surface area contributed by atoms with Gasteiger partial charge in [-0.1, -0.05) is 50.6 Å². The zero-order valence-corrected chi connectivity index (χ0v) is 14.9. The second kappa shape index (κ2) is 7.40. The van der Waals surface area contributed by atoms with Gasteiger partial charge in [0.1, 0.15) is 0 Å². The molecule has 0 amide bonds. The molecule has 4 heteroatoms. The largest absolute Gasteiger partial charge is 0.426 e. The number of hydrogen-bond acceptors (Lipinski definition) is 1.